The maximum absolute atomic E-state index is 13.0. The molecule has 8 heteroatoms. The molecule has 1 N–H and O–H groups in total. The van der Waals surface area contributed by atoms with Crippen LogP contribution in [0.25, 0.3) is 0 Å². The molecule has 1 aliphatic heterocycles. The zero-order valence-corrected chi connectivity index (χ0v) is 15.9. The van der Waals surface area contributed by atoms with Crippen LogP contribution >= 0.6 is 11.6 Å². The molecule has 0 atom stereocenters. The Kier molecular flexibility index (Phi) is 6.13. The molecule has 1 amide bonds. The van der Waals surface area contributed by atoms with Gasteiger partial charge in [0.15, 0.2) is 0 Å². The number of carboxylic acids is 1. The van der Waals surface area contributed by atoms with Crippen LogP contribution in [-0.4, -0.2) is 51.4 Å². The molecular formula is C19H22ClN3O4. The van der Waals surface area contributed by atoms with E-state index in [0.29, 0.717) is 23.8 Å². The molecule has 1 aromatic heterocycles. The van der Waals surface area contributed by atoms with Gasteiger partial charge in [0.1, 0.15) is 6.54 Å². The normalized spacial score (nSPS) is 14.9. The van der Waals surface area contributed by atoms with Crippen LogP contribution in [0.4, 0.5) is 0 Å². The van der Waals surface area contributed by atoms with Crippen LogP contribution in [0.1, 0.15) is 40.5 Å². The molecule has 1 aromatic carbocycles. The number of hydrogen-bond donors (Lipinski definition) is 1. The fourth-order valence-corrected chi connectivity index (χ4v) is 3.40. The van der Waals surface area contributed by atoms with Gasteiger partial charge in [-0.3, -0.25) is 14.3 Å². The van der Waals surface area contributed by atoms with Gasteiger partial charge >= 0.3 is 5.97 Å². The monoisotopic (exact) mass is 391 g/mol. The van der Waals surface area contributed by atoms with Crippen molar-refractivity contribution in [2.45, 2.75) is 32.4 Å². The van der Waals surface area contributed by atoms with E-state index < -0.39 is 5.97 Å². The fraction of sp³-hybridized carbons (Fsp3) is 0.421. The number of carbonyl (C=O) groups is 2. The van der Waals surface area contributed by atoms with Crippen LogP contribution < -0.4 is 0 Å². The summed E-state index contributed by atoms with van der Waals surface area (Å²) in [5, 5.41) is 14.2. The summed E-state index contributed by atoms with van der Waals surface area (Å²) in [6, 6.07) is 7.19. The Hall–Kier alpha value is -2.38. The molecule has 3 rings (SSSR count). The lowest BCUT2D eigenvalue weighted by atomic mass is 10.1. The summed E-state index contributed by atoms with van der Waals surface area (Å²) in [7, 11) is 0. The lowest BCUT2D eigenvalue weighted by Gasteiger charge is -2.24. The van der Waals surface area contributed by atoms with Crippen molar-refractivity contribution in [3.05, 3.63) is 52.3 Å². The van der Waals surface area contributed by atoms with Crippen molar-refractivity contribution in [3.8, 4) is 0 Å². The fourth-order valence-electron chi connectivity index (χ4n) is 3.27. The lowest BCUT2D eigenvalue weighted by molar-refractivity contribution is -0.137. The summed E-state index contributed by atoms with van der Waals surface area (Å²) in [6.45, 7) is 2.99. The van der Waals surface area contributed by atoms with Crippen molar-refractivity contribution in [2.75, 3.05) is 19.8 Å². The third-order valence-electron chi connectivity index (χ3n) is 4.71. The molecule has 7 nitrogen and oxygen atoms in total. The van der Waals surface area contributed by atoms with Gasteiger partial charge in [0.2, 0.25) is 0 Å². The van der Waals surface area contributed by atoms with E-state index in [0.717, 1.165) is 24.1 Å². The minimum Gasteiger partial charge on any atom is -0.480 e. The first kappa shape index (κ1) is 19.4. The van der Waals surface area contributed by atoms with E-state index in [1.54, 1.807) is 24.3 Å². The maximum Gasteiger partial charge on any atom is 0.323 e. The molecule has 0 bridgehead atoms. The Bertz CT molecular complexity index is 813. The van der Waals surface area contributed by atoms with Crippen molar-refractivity contribution in [1.82, 2.24) is 14.7 Å². The number of carbonyl (C=O) groups excluding carboxylic acids is 1. The summed E-state index contributed by atoms with van der Waals surface area (Å²) in [5.41, 5.74) is 1.98. The number of nitrogens with zero attached hydrogens (tertiary/aromatic N) is 3. The van der Waals surface area contributed by atoms with Gasteiger partial charge in [0.05, 0.1) is 17.8 Å². The molecule has 2 aromatic rings. The quantitative estimate of drug-likeness (QED) is 0.818. The number of carboxylic acid groups (broad SMARTS) is 1. The van der Waals surface area contributed by atoms with E-state index in [-0.39, 0.29) is 25.0 Å². The maximum atomic E-state index is 13.0. The summed E-state index contributed by atoms with van der Waals surface area (Å²) in [4.78, 5) is 25.6. The van der Waals surface area contributed by atoms with Crippen LogP contribution in [-0.2, 0) is 16.1 Å². The Morgan fingerprint density at radius 1 is 1.30 bits per heavy atom. The number of rotatable bonds is 6. The van der Waals surface area contributed by atoms with Crippen LogP contribution in [0.2, 0.25) is 5.02 Å². The molecule has 0 unspecified atom stereocenters. The van der Waals surface area contributed by atoms with Gasteiger partial charge in [-0.1, -0.05) is 23.7 Å². The van der Waals surface area contributed by atoms with Crippen molar-refractivity contribution in [3.63, 3.8) is 0 Å². The lowest BCUT2D eigenvalue weighted by Crippen LogP contribution is -2.35. The number of amides is 1. The van der Waals surface area contributed by atoms with E-state index in [1.165, 1.54) is 11.1 Å². The molecule has 0 saturated carbocycles. The van der Waals surface area contributed by atoms with Crippen molar-refractivity contribution in [1.29, 1.82) is 0 Å². The van der Waals surface area contributed by atoms with Gasteiger partial charge in [0.25, 0.3) is 5.91 Å². The minimum atomic E-state index is -1.06. The van der Waals surface area contributed by atoms with E-state index >= 15 is 0 Å². The second-order valence-corrected chi connectivity index (χ2v) is 7.05. The largest absolute Gasteiger partial charge is 0.480 e. The molecule has 144 valence electrons. The Morgan fingerprint density at radius 2 is 1.96 bits per heavy atom. The number of ether oxygens (including phenoxy) is 1. The van der Waals surface area contributed by atoms with Crippen LogP contribution in [0, 0.1) is 6.92 Å². The van der Waals surface area contributed by atoms with Crippen LogP contribution in [0.3, 0.4) is 0 Å². The Balaban J connectivity index is 1.82. The average Bonchev–Trinajstić information content (AvgIpc) is 3.04. The molecule has 2 heterocycles. The molecule has 1 fully saturated rings. The average molecular weight is 392 g/mol. The highest BCUT2D eigenvalue weighted by molar-refractivity contribution is 6.30. The topological polar surface area (TPSA) is 84.7 Å². The molecule has 0 aliphatic carbocycles. The molecule has 1 aliphatic rings. The smallest absolute Gasteiger partial charge is 0.323 e. The van der Waals surface area contributed by atoms with Gasteiger partial charge in [-0.05, 0) is 37.5 Å². The zero-order chi connectivity index (χ0) is 19.4. The molecule has 0 spiro atoms. The number of halogens is 1. The van der Waals surface area contributed by atoms with Gasteiger partial charge in [-0.15, -0.1) is 0 Å². The minimum absolute atomic E-state index is 0.185. The van der Waals surface area contributed by atoms with Gasteiger partial charge < -0.3 is 14.7 Å². The Morgan fingerprint density at radius 3 is 2.59 bits per heavy atom. The van der Waals surface area contributed by atoms with Crippen molar-refractivity contribution in [2.24, 2.45) is 0 Å². The first-order chi connectivity index (χ1) is 13.0. The highest BCUT2D eigenvalue weighted by Crippen LogP contribution is 2.24. The first-order valence-electron chi connectivity index (χ1n) is 8.83. The van der Waals surface area contributed by atoms with Crippen molar-refractivity contribution < 1.29 is 19.4 Å². The SMILES string of the molecule is Cc1c(C(=O)N(CC(=O)O)Cc2ccc(Cl)cc2)cnn1C1CCOCC1. The summed E-state index contributed by atoms with van der Waals surface area (Å²) >= 11 is 5.89. The number of aliphatic carboxylic acids is 1. The van der Waals surface area contributed by atoms with E-state index in [1.807, 2.05) is 11.6 Å². The predicted octanol–water partition coefficient (Wildman–Crippen LogP) is 2.92. The van der Waals surface area contributed by atoms with Gasteiger partial charge in [-0.25, -0.2) is 0 Å². The molecular weight excluding hydrogens is 370 g/mol. The predicted molar refractivity (Wildman–Crippen MR) is 99.9 cm³/mol. The highest BCUT2D eigenvalue weighted by atomic mass is 35.5. The number of aromatic nitrogens is 2. The summed E-state index contributed by atoms with van der Waals surface area (Å²) in [5.74, 6) is -1.41. The van der Waals surface area contributed by atoms with Crippen LogP contribution in [0.15, 0.2) is 30.5 Å². The zero-order valence-electron chi connectivity index (χ0n) is 15.1. The molecule has 0 radical (unpaired) electrons. The van der Waals surface area contributed by atoms with E-state index in [9.17, 15) is 14.7 Å². The Labute approximate surface area is 162 Å². The molecule has 27 heavy (non-hydrogen) atoms. The van der Waals surface area contributed by atoms with Gasteiger partial charge in [0, 0.05) is 30.5 Å². The summed E-state index contributed by atoms with van der Waals surface area (Å²) in [6.07, 6.45) is 3.23. The number of benzene rings is 1. The summed E-state index contributed by atoms with van der Waals surface area (Å²) < 4.78 is 7.24. The standard InChI is InChI=1S/C19H22ClN3O4/c1-13-17(10-21-23(13)16-6-8-27-9-7-16)19(26)22(12-18(24)25)11-14-2-4-15(20)5-3-14/h2-5,10,16H,6-9,11-12H2,1H3,(H,24,25). The first-order valence-corrected chi connectivity index (χ1v) is 9.21. The van der Waals surface area contributed by atoms with Crippen molar-refractivity contribution >= 4 is 23.5 Å². The second-order valence-electron chi connectivity index (χ2n) is 6.61. The van der Waals surface area contributed by atoms with Gasteiger partial charge in [-0.2, -0.15) is 5.10 Å². The second kappa shape index (κ2) is 8.54. The third kappa shape index (κ3) is 4.67. The van der Waals surface area contributed by atoms with E-state index in [2.05, 4.69) is 5.10 Å². The third-order valence-corrected chi connectivity index (χ3v) is 4.96. The number of hydrogen-bond acceptors (Lipinski definition) is 4. The van der Waals surface area contributed by atoms with E-state index in [4.69, 9.17) is 16.3 Å². The van der Waals surface area contributed by atoms with Crippen LogP contribution in [0.5, 0.6) is 0 Å². The highest BCUT2D eigenvalue weighted by Gasteiger charge is 2.25. The molecule has 1 saturated heterocycles.